The Morgan fingerprint density at radius 3 is 3.20 bits per heavy atom. The lowest BCUT2D eigenvalue weighted by Gasteiger charge is -2.20. The molecule has 2 N–H and O–H groups in total. The van der Waals surface area contributed by atoms with Gasteiger partial charge in [0.2, 0.25) is 0 Å². The Morgan fingerprint density at radius 1 is 1.73 bits per heavy atom. The molecule has 0 aromatic carbocycles. The molecule has 1 fully saturated rings. The van der Waals surface area contributed by atoms with E-state index in [1.165, 1.54) is 0 Å². The predicted octanol–water partition coefficient (Wildman–Crippen LogP) is 1.08. The first-order valence-corrected chi connectivity index (χ1v) is 5.11. The molecule has 0 radical (unpaired) electrons. The van der Waals surface area contributed by atoms with Crippen LogP contribution in [0.15, 0.2) is 6.07 Å². The lowest BCUT2D eigenvalue weighted by molar-refractivity contribution is 0.0547. The van der Waals surface area contributed by atoms with Crippen molar-refractivity contribution in [3.8, 4) is 0 Å². The molecule has 1 aromatic rings. The second-order valence-corrected chi connectivity index (χ2v) is 3.87. The number of nitrogens with one attached hydrogen (secondary N) is 1. The zero-order valence-electron chi connectivity index (χ0n) is 8.40. The summed E-state index contributed by atoms with van der Waals surface area (Å²) < 4.78 is 5.36. The SMILES string of the molecule is O=C(O)c1cc(CC2CCCOC2)[nH]n1. The maximum atomic E-state index is 10.6. The van der Waals surface area contributed by atoms with E-state index >= 15 is 0 Å². The van der Waals surface area contributed by atoms with E-state index in [0.717, 1.165) is 38.2 Å². The van der Waals surface area contributed by atoms with Gasteiger partial charge in [-0.05, 0) is 31.2 Å². The number of carboxylic acid groups (broad SMARTS) is 1. The zero-order valence-corrected chi connectivity index (χ0v) is 8.40. The van der Waals surface area contributed by atoms with Gasteiger partial charge < -0.3 is 9.84 Å². The van der Waals surface area contributed by atoms with Crippen molar-refractivity contribution in [2.24, 2.45) is 5.92 Å². The average Bonchev–Trinajstić information content (AvgIpc) is 2.68. The first-order valence-electron chi connectivity index (χ1n) is 5.11. The number of carbonyl (C=O) groups is 1. The molecule has 5 heteroatoms. The third kappa shape index (κ3) is 2.56. The molecular weight excluding hydrogens is 196 g/mol. The first kappa shape index (κ1) is 10.2. The summed E-state index contributed by atoms with van der Waals surface area (Å²) in [6, 6.07) is 1.59. The largest absolute Gasteiger partial charge is 0.476 e. The minimum Gasteiger partial charge on any atom is -0.476 e. The van der Waals surface area contributed by atoms with Gasteiger partial charge in [-0.1, -0.05) is 0 Å². The predicted molar refractivity (Wildman–Crippen MR) is 52.8 cm³/mol. The second kappa shape index (κ2) is 4.44. The van der Waals surface area contributed by atoms with Crippen molar-refractivity contribution in [1.82, 2.24) is 10.2 Å². The van der Waals surface area contributed by atoms with E-state index in [-0.39, 0.29) is 5.69 Å². The number of ether oxygens (including phenoxy) is 1. The Hall–Kier alpha value is -1.36. The van der Waals surface area contributed by atoms with Crippen molar-refractivity contribution in [1.29, 1.82) is 0 Å². The van der Waals surface area contributed by atoms with Crippen LogP contribution in [0, 0.1) is 5.92 Å². The summed E-state index contributed by atoms with van der Waals surface area (Å²) in [5.74, 6) is -0.502. The van der Waals surface area contributed by atoms with Gasteiger partial charge in [0.1, 0.15) is 0 Å². The molecule has 0 bridgehead atoms. The maximum absolute atomic E-state index is 10.6. The molecule has 0 amide bonds. The fourth-order valence-corrected chi connectivity index (χ4v) is 1.86. The van der Waals surface area contributed by atoms with Crippen LogP contribution in [0.1, 0.15) is 29.0 Å². The van der Waals surface area contributed by atoms with Crippen molar-refractivity contribution in [2.75, 3.05) is 13.2 Å². The lowest BCUT2D eigenvalue weighted by atomic mass is 9.97. The molecule has 2 heterocycles. The highest BCUT2D eigenvalue weighted by Crippen LogP contribution is 2.18. The Kier molecular flexibility index (Phi) is 3.01. The van der Waals surface area contributed by atoms with Crippen LogP contribution in [0.2, 0.25) is 0 Å². The highest BCUT2D eigenvalue weighted by Gasteiger charge is 2.16. The van der Waals surface area contributed by atoms with Crippen LogP contribution in [0.3, 0.4) is 0 Å². The summed E-state index contributed by atoms with van der Waals surface area (Å²) in [6.07, 6.45) is 3.05. The van der Waals surface area contributed by atoms with Crippen molar-refractivity contribution in [2.45, 2.75) is 19.3 Å². The summed E-state index contributed by atoms with van der Waals surface area (Å²) in [6.45, 7) is 1.61. The Balaban J connectivity index is 1.94. The number of aromatic carboxylic acids is 1. The lowest BCUT2D eigenvalue weighted by Crippen LogP contribution is -2.19. The number of carboxylic acids is 1. The number of hydrogen-bond donors (Lipinski definition) is 2. The number of H-pyrrole nitrogens is 1. The maximum Gasteiger partial charge on any atom is 0.356 e. The molecule has 82 valence electrons. The number of nitrogens with zero attached hydrogens (tertiary/aromatic N) is 1. The van der Waals surface area contributed by atoms with Crippen molar-refractivity contribution in [3.63, 3.8) is 0 Å². The van der Waals surface area contributed by atoms with Crippen LogP contribution in [0.5, 0.6) is 0 Å². The van der Waals surface area contributed by atoms with E-state index in [0.29, 0.717) is 5.92 Å². The Labute approximate surface area is 87.4 Å². The van der Waals surface area contributed by atoms with Crippen LogP contribution < -0.4 is 0 Å². The minimum atomic E-state index is -0.989. The molecule has 1 unspecified atom stereocenters. The third-order valence-electron chi connectivity index (χ3n) is 2.61. The molecule has 1 atom stereocenters. The molecule has 2 rings (SSSR count). The van der Waals surface area contributed by atoms with Gasteiger partial charge in [0, 0.05) is 18.9 Å². The monoisotopic (exact) mass is 210 g/mol. The van der Waals surface area contributed by atoms with E-state index in [1.54, 1.807) is 6.07 Å². The quantitative estimate of drug-likeness (QED) is 0.782. The van der Waals surface area contributed by atoms with Gasteiger partial charge in [-0.25, -0.2) is 4.79 Å². The number of rotatable bonds is 3. The molecule has 0 saturated carbocycles. The van der Waals surface area contributed by atoms with Gasteiger partial charge in [-0.15, -0.1) is 0 Å². The zero-order chi connectivity index (χ0) is 10.7. The smallest absolute Gasteiger partial charge is 0.356 e. The van der Waals surface area contributed by atoms with E-state index in [2.05, 4.69) is 10.2 Å². The van der Waals surface area contributed by atoms with Gasteiger partial charge in [0.15, 0.2) is 5.69 Å². The fourth-order valence-electron chi connectivity index (χ4n) is 1.86. The summed E-state index contributed by atoms with van der Waals surface area (Å²) in [5.41, 5.74) is 0.963. The van der Waals surface area contributed by atoms with E-state index in [9.17, 15) is 4.79 Å². The van der Waals surface area contributed by atoms with E-state index < -0.39 is 5.97 Å². The highest BCUT2D eigenvalue weighted by molar-refractivity contribution is 5.85. The topological polar surface area (TPSA) is 75.2 Å². The van der Waals surface area contributed by atoms with Crippen LogP contribution in [-0.4, -0.2) is 34.5 Å². The van der Waals surface area contributed by atoms with Gasteiger partial charge in [0.25, 0.3) is 0 Å². The highest BCUT2D eigenvalue weighted by atomic mass is 16.5. The minimum absolute atomic E-state index is 0.0849. The van der Waals surface area contributed by atoms with Crippen LogP contribution in [-0.2, 0) is 11.2 Å². The average molecular weight is 210 g/mol. The van der Waals surface area contributed by atoms with Crippen LogP contribution >= 0.6 is 0 Å². The molecule has 15 heavy (non-hydrogen) atoms. The summed E-state index contributed by atoms with van der Waals surface area (Å²) in [5, 5.41) is 15.2. The summed E-state index contributed by atoms with van der Waals surface area (Å²) in [7, 11) is 0. The molecule has 1 saturated heterocycles. The number of aromatic nitrogens is 2. The second-order valence-electron chi connectivity index (χ2n) is 3.87. The number of hydrogen-bond acceptors (Lipinski definition) is 3. The fraction of sp³-hybridized carbons (Fsp3) is 0.600. The molecule has 1 aliphatic rings. The third-order valence-corrected chi connectivity index (χ3v) is 2.61. The molecule has 0 spiro atoms. The molecule has 0 aliphatic carbocycles. The standard InChI is InChI=1S/C10H14N2O3/c13-10(14)9-5-8(11-12-9)4-7-2-1-3-15-6-7/h5,7H,1-4,6H2,(H,11,12)(H,13,14). The van der Waals surface area contributed by atoms with Crippen LogP contribution in [0.4, 0.5) is 0 Å². The van der Waals surface area contributed by atoms with Gasteiger partial charge in [-0.2, -0.15) is 5.10 Å². The van der Waals surface area contributed by atoms with Crippen molar-refractivity contribution >= 4 is 5.97 Å². The van der Waals surface area contributed by atoms with E-state index in [1.807, 2.05) is 0 Å². The molecule has 1 aromatic heterocycles. The summed E-state index contributed by atoms with van der Waals surface area (Å²) in [4.78, 5) is 10.6. The molecule has 1 aliphatic heterocycles. The van der Waals surface area contributed by atoms with Gasteiger partial charge in [0.05, 0.1) is 0 Å². The van der Waals surface area contributed by atoms with E-state index in [4.69, 9.17) is 9.84 Å². The Bertz CT molecular complexity index is 342. The number of aromatic amines is 1. The summed E-state index contributed by atoms with van der Waals surface area (Å²) >= 11 is 0. The molecule has 5 nitrogen and oxygen atoms in total. The molecular formula is C10H14N2O3. The van der Waals surface area contributed by atoms with Gasteiger partial charge in [-0.3, -0.25) is 5.10 Å². The van der Waals surface area contributed by atoms with Crippen molar-refractivity contribution < 1.29 is 14.6 Å². The van der Waals surface area contributed by atoms with Crippen LogP contribution in [0.25, 0.3) is 0 Å². The Morgan fingerprint density at radius 2 is 2.60 bits per heavy atom. The van der Waals surface area contributed by atoms with Gasteiger partial charge >= 0.3 is 5.97 Å². The normalized spacial score (nSPS) is 21.5. The first-order chi connectivity index (χ1) is 7.25. The van der Waals surface area contributed by atoms with Crippen molar-refractivity contribution in [3.05, 3.63) is 17.5 Å².